The van der Waals surface area contributed by atoms with E-state index in [9.17, 15) is 0 Å². The largest absolute Gasteiger partial charge is 0.326 e. The Kier molecular flexibility index (Phi) is 5.44. The fraction of sp³-hybridized carbons (Fsp3) is 0.273. The third kappa shape index (κ3) is 3.62. The van der Waals surface area contributed by atoms with Crippen molar-refractivity contribution in [1.82, 2.24) is 0 Å². The van der Waals surface area contributed by atoms with Gasteiger partial charge in [-0.15, -0.1) is 12.4 Å². The molecular formula is C11H16ClN. The fourth-order valence-corrected chi connectivity index (χ4v) is 1.17. The molecule has 0 amide bonds. The van der Waals surface area contributed by atoms with Crippen molar-refractivity contribution in [3.8, 4) is 0 Å². The zero-order valence-electron chi connectivity index (χ0n) is 8.08. The molecule has 1 rings (SSSR count). The highest BCUT2D eigenvalue weighted by molar-refractivity contribution is 5.85. The first-order valence-electron chi connectivity index (χ1n) is 4.17. The topological polar surface area (TPSA) is 26.0 Å². The van der Waals surface area contributed by atoms with Crippen LogP contribution in [0.2, 0.25) is 0 Å². The van der Waals surface area contributed by atoms with Gasteiger partial charge in [0, 0.05) is 6.54 Å². The van der Waals surface area contributed by atoms with Gasteiger partial charge in [0.25, 0.3) is 0 Å². The van der Waals surface area contributed by atoms with Crippen LogP contribution in [-0.2, 0) is 6.54 Å². The van der Waals surface area contributed by atoms with Gasteiger partial charge >= 0.3 is 0 Å². The van der Waals surface area contributed by atoms with Crippen LogP contribution in [0.15, 0.2) is 29.8 Å². The van der Waals surface area contributed by atoms with Gasteiger partial charge in [-0.3, -0.25) is 0 Å². The molecule has 0 saturated carbocycles. The first kappa shape index (κ1) is 12.2. The molecule has 72 valence electrons. The molecule has 0 aliphatic carbocycles. The summed E-state index contributed by atoms with van der Waals surface area (Å²) in [4.78, 5) is 0. The molecule has 1 aromatic carbocycles. The lowest BCUT2D eigenvalue weighted by Crippen LogP contribution is -1.98. The second-order valence-corrected chi connectivity index (χ2v) is 3.12. The van der Waals surface area contributed by atoms with Crippen molar-refractivity contribution < 1.29 is 0 Å². The van der Waals surface area contributed by atoms with Crippen molar-refractivity contribution in [3.63, 3.8) is 0 Å². The van der Waals surface area contributed by atoms with Crippen molar-refractivity contribution in [2.75, 3.05) is 0 Å². The summed E-state index contributed by atoms with van der Waals surface area (Å²) in [5.41, 5.74) is 9.34. The number of nitrogens with two attached hydrogens (primary N) is 1. The smallest absolute Gasteiger partial charge is 0.0184 e. The summed E-state index contributed by atoms with van der Waals surface area (Å²) < 4.78 is 0. The molecule has 13 heavy (non-hydrogen) atoms. The van der Waals surface area contributed by atoms with Crippen molar-refractivity contribution in [2.24, 2.45) is 5.73 Å². The molecule has 0 aliphatic heterocycles. The lowest BCUT2D eigenvalue weighted by Gasteiger charge is -2.02. The zero-order valence-corrected chi connectivity index (χ0v) is 8.90. The Hall–Kier alpha value is -0.790. The number of hydrogen-bond donors (Lipinski definition) is 1. The predicted molar refractivity (Wildman–Crippen MR) is 60.9 cm³/mol. The summed E-state index contributed by atoms with van der Waals surface area (Å²) in [6.07, 6.45) is 2.15. The third-order valence-electron chi connectivity index (χ3n) is 1.72. The van der Waals surface area contributed by atoms with Gasteiger partial charge in [0.05, 0.1) is 0 Å². The summed E-state index contributed by atoms with van der Waals surface area (Å²) in [7, 11) is 0. The maximum absolute atomic E-state index is 5.60. The van der Waals surface area contributed by atoms with Gasteiger partial charge < -0.3 is 5.73 Å². The minimum Gasteiger partial charge on any atom is -0.326 e. The molecule has 2 heteroatoms. The normalized spacial score (nSPS) is 8.85. The van der Waals surface area contributed by atoms with Crippen LogP contribution in [-0.4, -0.2) is 0 Å². The molecule has 0 atom stereocenters. The Labute approximate surface area is 86.1 Å². The van der Waals surface area contributed by atoms with Gasteiger partial charge in [0.2, 0.25) is 0 Å². The third-order valence-corrected chi connectivity index (χ3v) is 1.72. The van der Waals surface area contributed by atoms with Crippen LogP contribution in [0, 0.1) is 0 Å². The fourth-order valence-electron chi connectivity index (χ4n) is 1.17. The summed E-state index contributed by atoms with van der Waals surface area (Å²) in [5, 5.41) is 0. The van der Waals surface area contributed by atoms with E-state index in [-0.39, 0.29) is 12.4 Å². The highest BCUT2D eigenvalue weighted by Crippen LogP contribution is 2.11. The van der Waals surface area contributed by atoms with Crippen molar-refractivity contribution in [3.05, 3.63) is 41.0 Å². The maximum Gasteiger partial charge on any atom is 0.0184 e. The van der Waals surface area contributed by atoms with Gasteiger partial charge in [-0.25, -0.2) is 0 Å². The summed E-state index contributed by atoms with van der Waals surface area (Å²) in [5.74, 6) is 0. The Balaban J connectivity index is 0.00000144. The molecule has 0 aromatic heterocycles. The van der Waals surface area contributed by atoms with Crippen LogP contribution in [0.5, 0.6) is 0 Å². The lowest BCUT2D eigenvalue weighted by molar-refractivity contribution is 1.07. The Morgan fingerprint density at radius 1 is 1.31 bits per heavy atom. The van der Waals surface area contributed by atoms with Crippen LogP contribution in [0.4, 0.5) is 0 Å². The second-order valence-electron chi connectivity index (χ2n) is 3.12. The number of halogens is 1. The molecule has 0 aliphatic rings. The molecule has 0 unspecified atom stereocenters. The Morgan fingerprint density at radius 2 is 1.92 bits per heavy atom. The van der Waals surface area contributed by atoms with Gasteiger partial charge in [0.15, 0.2) is 0 Å². The van der Waals surface area contributed by atoms with E-state index in [4.69, 9.17) is 5.73 Å². The quantitative estimate of drug-likeness (QED) is 0.775. The lowest BCUT2D eigenvalue weighted by atomic mass is 10.1. The summed E-state index contributed by atoms with van der Waals surface area (Å²) >= 11 is 0. The highest BCUT2D eigenvalue weighted by atomic mass is 35.5. The SMILES string of the molecule is CC(C)=Cc1ccccc1CN.Cl. The minimum absolute atomic E-state index is 0. The van der Waals surface area contributed by atoms with E-state index in [1.54, 1.807) is 0 Å². The standard InChI is InChI=1S/C11H15N.ClH/c1-9(2)7-10-5-3-4-6-11(10)8-12;/h3-7H,8,12H2,1-2H3;1H. The predicted octanol–water partition coefficient (Wildman–Crippen LogP) is 2.99. The van der Waals surface area contributed by atoms with Crippen LogP contribution in [0.3, 0.4) is 0 Å². The van der Waals surface area contributed by atoms with Gasteiger partial charge in [0.1, 0.15) is 0 Å². The molecule has 2 N–H and O–H groups in total. The number of hydrogen-bond acceptors (Lipinski definition) is 1. The number of benzene rings is 1. The van der Waals surface area contributed by atoms with Gasteiger partial charge in [-0.1, -0.05) is 35.9 Å². The molecule has 0 fully saturated rings. The van der Waals surface area contributed by atoms with E-state index in [0.29, 0.717) is 6.54 Å². The van der Waals surface area contributed by atoms with E-state index < -0.39 is 0 Å². The van der Waals surface area contributed by atoms with Crippen LogP contribution >= 0.6 is 12.4 Å². The average molecular weight is 198 g/mol. The first-order valence-corrected chi connectivity index (χ1v) is 4.17. The zero-order chi connectivity index (χ0) is 8.97. The van der Waals surface area contributed by atoms with Crippen molar-refractivity contribution in [2.45, 2.75) is 20.4 Å². The van der Waals surface area contributed by atoms with E-state index in [1.165, 1.54) is 16.7 Å². The maximum atomic E-state index is 5.60. The Bertz CT molecular complexity index is 288. The summed E-state index contributed by atoms with van der Waals surface area (Å²) in [6.45, 7) is 4.79. The van der Waals surface area contributed by atoms with Gasteiger partial charge in [-0.05, 0) is 25.0 Å². The number of rotatable bonds is 2. The molecule has 0 saturated heterocycles. The Morgan fingerprint density at radius 3 is 2.46 bits per heavy atom. The molecule has 1 nitrogen and oxygen atoms in total. The van der Waals surface area contributed by atoms with Crippen LogP contribution in [0.25, 0.3) is 6.08 Å². The molecule has 0 spiro atoms. The second kappa shape index (κ2) is 5.79. The highest BCUT2D eigenvalue weighted by Gasteiger charge is 1.94. The average Bonchev–Trinajstić information content (AvgIpc) is 2.04. The van der Waals surface area contributed by atoms with E-state index in [1.807, 2.05) is 12.1 Å². The van der Waals surface area contributed by atoms with Gasteiger partial charge in [-0.2, -0.15) is 0 Å². The molecule has 0 radical (unpaired) electrons. The van der Waals surface area contributed by atoms with Crippen molar-refractivity contribution >= 4 is 18.5 Å². The van der Waals surface area contributed by atoms with E-state index in [2.05, 4.69) is 32.1 Å². The van der Waals surface area contributed by atoms with Crippen LogP contribution in [0.1, 0.15) is 25.0 Å². The monoisotopic (exact) mass is 197 g/mol. The molecular weight excluding hydrogens is 182 g/mol. The molecule has 0 heterocycles. The summed E-state index contributed by atoms with van der Waals surface area (Å²) in [6, 6.07) is 8.21. The van der Waals surface area contributed by atoms with Crippen LogP contribution < -0.4 is 5.73 Å². The van der Waals surface area contributed by atoms with Crippen molar-refractivity contribution in [1.29, 1.82) is 0 Å². The minimum atomic E-state index is 0. The molecule has 0 bridgehead atoms. The molecule has 1 aromatic rings. The van der Waals surface area contributed by atoms with E-state index in [0.717, 1.165) is 0 Å². The van der Waals surface area contributed by atoms with E-state index >= 15 is 0 Å². The number of allylic oxidation sites excluding steroid dienone is 1. The first-order chi connectivity index (χ1) is 5.74.